The van der Waals surface area contributed by atoms with Crippen molar-refractivity contribution in [1.29, 1.82) is 0 Å². The first-order chi connectivity index (χ1) is 12.8. The van der Waals surface area contributed by atoms with Gasteiger partial charge in [0.1, 0.15) is 0 Å². The summed E-state index contributed by atoms with van der Waals surface area (Å²) < 4.78 is 5.57. The fourth-order valence-electron chi connectivity index (χ4n) is 4.01. The Morgan fingerprint density at radius 1 is 0.667 bits per heavy atom. The van der Waals surface area contributed by atoms with E-state index in [2.05, 4.69) is 52.6 Å². The van der Waals surface area contributed by atoms with Gasteiger partial charge in [0.05, 0.1) is 6.10 Å². The molecular weight excluding hydrogens is 364 g/mol. The number of hydrogen-bond acceptors (Lipinski definition) is 2. The molecule has 0 aliphatic rings. The first-order valence-electron chi connectivity index (χ1n) is 12.0. The lowest BCUT2D eigenvalue weighted by molar-refractivity contribution is 0.0800. The molecule has 0 heterocycles. The van der Waals surface area contributed by atoms with Crippen molar-refractivity contribution in [2.75, 3.05) is 18.1 Å². The normalized spacial score (nSPS) is 12.4. The van der Waals surface area contributed by atoms with Crippen LogP contribution in [0, 0.1) is 5.92 Å². The fourth-order valence-corrected chi connectivity index (χ4v) is 8.57. The van der Waals surface area contributed by atoms with Crippen molar-refractivity contribution >= 4 is 19.8 Å². The van der Waals surface area contributed by atoms with Gasteiger partial charge in [0, 0.05) is 14.7 Å². The van der Waals surface area contributed by atoms with E-state index in [9.17, 15) is 0 Å². The maximum absolute atomic E-state index is 5.57. The van der Waals surface area contributed by atoms with E-state index < -0.39 is 8.07 Å². The molecule has 3 heteroatoms. The number of thioether (sulfide) groups is 1. The molecule has 0 unspecified atom stereocenters. The third-order valence-electron chi connectivity index (χ3n) is 5.24. The Kier molecular flexibility index (Phi) is 18.9. The highest BCUT2D eigenvalue weighted by molar-refractivity contribution is 7.99. The van der Waals surface area contributed by atoms with E-state index in [1.54, 1.807) is 6.04 Å². The molecule has 0 spiro atoms. The summed E-state index contributed by atoms with van der Waals surface area (Å²) in [6.07, 6.45) is 16.2. The van der Waals surface area contributed by atoms with Gasteiger partial charge in [-0.3, -0.25) is 0 Å². The minimum Gasteiger partial charge on any atom is -0.379 e. The summed E-state index contributed by atoms with van der Waals surface area (Å²) in [7, 11) is -0.886. The van der Waals surface area contributed by atoms with E-state index >= 15 is 0 Å². The summed E-state index contributed by atoms with van der Waals surface area (Å²) in [4.78, 5) is 0. The zero-order valence-corrected chi connectivity index (χ0v) is 21.6. The van der Waals surface area contributed by atoms with Crippen molar-refractivity contribution in [2.45, 2.75) is 130 Å². The van der Waals surface area contributed by atoms with Crippen molar-refractivity contribution in [2.24, 2.45) is 5.92 Å². The van der Waals surface area contributed by atoms with E-state index in [1.165, 1.54) is 88.2 Å². The Hall–Kier alpha value is 0.527. The number of hydrogen-bond donors (Lipinski definition) is 0. The molecule has 0 aromatic carbocycles. The van der Waals surface area contributed by atoms with Crippen LogP contribution in [0.3, 0.4) is 0 Å². The smallest absolute Gasteiger partial charge is 0.0518 e. The summed E-state index contributed by atoms with van der Waals surface area (Å²) >= 11 is 2.11. The first-order valence-corrected chi connectivity index (χ1v) is 16.6. The monoisotopic (exact) mass is 416 g/mol. The van der Waals surface area contributed by atoms with Gasteiger partial charge < -0.3 is 4.74 Å². The molecule has 0 saturated carbocycles. The Morgan fingerprint density at radius 2 is 1.15 bits per heavy atom. The second-order valence-corrected chi connectivity index (χ2v) is 16.4. The highest BCUT2D eigenvalue weighted by Gasteiger charge is 2.20. The van der Waals surface area contributed by atoms with Gasteiger partial charge in [0.15, 0.2) is 0 Å². The molecule has 27 heavy (non-hydrogen) atoms. The molecule has 0 amide bonds. The van der Waals surface area contributed by atoms with Crippen LogP contribution in [0.25, 0.3) is 0 Å². The third kappa shape index (κ3) is 22.7. The van der Waals surface area contributed by atoms with Gasteiger partial charge in [-0.05, 0) is 44.1 Å². The van der Waals surface area contributed by atoms with Crippen LogP contribution in [0.15, 0.2) is 0 Å². The van der Waals surface area contributed by atoms with Gasteiger partial charge in [0.2, 0.25) is 0 Å². The molecule has 0 aromatic rings. The molecule has 0 N–H and O–H groups in total. The SMILES string of the molecule is CC(C)C[Si](C)(C)CCCCCCCCCCCCSCCCOC(C)C. The highest BCUT2D eigenvalue weighted by Crippen LogP contribution is 2.24. The number of rotatable bonds is 20. The topological polar surface area (TPSA) is 9.23 Å². The lowest BCUT2D eigenvalue weighted by Gasteiger charge is -2.24. The molecule has 0 fully saturated rings. The minimum absolute atomic E-state index is 0.388. The lowest BCUT2D eigenvalue weighted by atomic mass is 10.1. The van der Waals surface area contributed by atoms with E-state index in [0.29, 0.717) is 6.10 Å². The highest BCUT2D eigenvalue weighted by atomic mass is 32.2. The van der Waals surface area contributed by atoms with Gasteiger partial charge in [-0.25, -0.2) is 0 Å². The zero-order valence-electron chi connectivity index (χ0n) is 19.8. The summed E-state index contributed by atoms with van der Waals surface area (Å²) in [5, 5.41) is 0. The minimum atomic E-state index is -0.886. The molecule has 0 rings (SSSR count). The second kappa shape index (κ2) is 18.5. The lowest BCUT2D eigenvalue weighted by Crippen LogP contribution is -2.26. The van der Waals surface area contributed by atoms with Gasteiger partial charge in [-0.2, -0.15) is 11.8 Å². The summed E-state index contributed by atoms with van der Waals surface area (Å²) in [6, 6.07) is 3.06. The maximum Gasteiger partial charge on any atom is 0.0518 e. The molecule has 0 atom stereocenters. The Labute approximate surface area is 178 Å². The second-order valence-electron chi connectivity index (χ2n) is 9.93. The first kappa shape index (κ1) is 27.5. The number of ether oxygens (including phenoxy) is 1. The molecular formula is C24H52OSSi. The van der Waals surface area contributed by atoms with Crippen molar-refractivity contribution in [3.05, 3.63) is 0 Å². The average molecular weight is 417 g/mol. The summed E-state index contributed by atoms with van der Waals surface area (Å²) in [5.74, 6) is 3.51. The van der Waals surface area contributed by atoms with Crippen molar-refractivity contribution < 1.29 is 4.74 Å². The maximum atomic E-state index is 5.57. The van der Waals surface area contributed by atoms with Gasteiger partial charge in [-0.15, -0.1) is 0 Å². The van der Waals surface area contributed by atoms with E-state index in [1.807, 2.05) is 0 Å². The molecule has 1 nitrogen and oxygen atoms in total. The van der Waals surface area contributed by atoms with Crippen LogP contribution in [0.2, 0.25) is 25.2 Å². The van der Waals surface area contributed by atoms with E-state index in [4.69, 9.17) is 4.74 Å². The van der Waals surface area contributed by atoms with Crippen LogP contribution in [0.1, 0.15) is 98.3 Å². The zero-order chi connectivity index (χ0) is 20.4. The quantitative estimate of drug-likeness (QED) is 0.145. The molecule has 0 aliphatic carbocycles. The van der Waals surface area contributed by atoms with Gasteiger partial charge in [-0.1, -0.05) is 96.8 Å². The van der Waals surface area contributed by atoms with Crippen LogP contribution < -0.4 is 0 Å². The van der Waals surface area contributed by atoms with E-state index in [0.717, 1.165) is 12.5 Å². The van der Waals surface area contributed by atoms with Gasteiger partial charge in [0.25, 0.3) is 0 Å². The standard InChI is InChI=1S/C24H52OSSi/c1-23(2)22-27(5,6)21-16-14-12-10-8-7-9-11-13-15-19-26-20-17-18-25-24(3)4/h23-24H,7-22H2,1-6H3. The van der Waals surface area contributed by atoms with Crippen molar-refractivity contribution in [1.82, 2.24) is 0 Å². The van der Waals surface area contributed by atoms with Crippen molar-refractivity contribution in [3.63, 3.8) is 0 Å². The molecule has 164 valence electrons. The number of unbranched alkanes of at least 4 members (excludes halogenated alkanes) is 9. The van der Waals surface area contributed by atoms with Crippen LogP contribution in [0.5, 0.6) is 0 Å². The van der Waals surface area contributed by atoms with Gasteiger partial charge >= 0.3 is 0 Å². The average Bonchev–Trinajstić information content (AvgIpc) is 2.56. The van der Waals surface area contributed by atoms with Crippen LogP contribution >= 0.6 is 11.8 Å². The Morgan fingerprint density at radius 3 is 1.67 bits per heavy atom. The summed E-state index contributed by atoms with van der Waals surface area (Å²) in [5.41, 5.74) is 0. The largest absolute Gasteiger partial charge is 0.379 e. The predicted octanol–water partition coefficient (Wildman–Crippen LogP) is 8.80. The van der Waals surface area contributed by atoms with Crippen LogP contribution in [0.4, 0.5) is 0 Å². The van der Waals surface area contributed by atoms with E-state index in [-0.39, 0.29) is 0 Å². The molecule has 0 bridgehead atoms. The molecule has 0 radical (unpaired) electrons. The van der Waals surface area contributed by atoms with Crippen LogP contribution in [-0.2, 0) is 4.74 Å². The molecule has 0 aliphatic heterocycles. The fraction of sp³-hybridized carbons (Fsp3) is 1.00. The summed E-state index contributed by atoms with van der Waals surface area (Å²) in [6.45, 7) is 15.1. The van der Waals surface area contributed by atoms with Crippen molar-refractivity contribution in [3.8, 4) is 0 Å². The molecule has 0 aromatic heterocycles. The molecule has 0 saturated heterocycles. The Bertz CT molecular complexity index is 305. The Balaban J connectivity index is 3.17. The predicted molar refractivity (Wildman–Crippen MR) is 131 cm³/mol. The third-order valence-corrected chi connectivity index (χ3v) is 10.0. The van der Waals surface area contributed by atoms with Crippen LogP contribution in [-0.4, -0.2) is 32.3 Å².